The third-order valence-electron chi connectivity index (χ3n) is 5.04. The molecule has 2 saturated heterocycles. The number of anilines is 1. The van der Waals surface area contributed by atoms with Gasteiger partial charge < -0.3 is 16.0 Å². The van der Waals surface area contributed by atoms with Gasteiger partial charge in [0.25, 0.3) is 0 Å². The zero-order chi connectivity index (χ0) is 12.8. The molecule has 2 bridgehead atoms. The highest BCUT2D eigenvalue weighted by Crippen LogP contribution is 2.29. The van der Waals surface area contributed by atoms with Crippen molar-refractivity contribution < 1.29 is 0 Å². The Balaban J connectivity index is 1.59. The first kappa shape index (κ1) is 11.7. The van der Waals surface area contributed by atoms with Crippen molar-refractivity contribution in [1.29, 1.82) is 0 Å². The lowest BCUT2D eigenvalue weighted by Gasteiger charge is -2.35. The molecule has 0 aromatic heterocycles. The van der Waals surface area contributed by atoms with E-state index in [0.717, 1.165) is 19.3 Å². The number of rotatable bonds is 1. The van der Waals surface area contributed by atoms with E-state index in [1.165, 1.54) is 42.7 Å². The van der Waals surface area contributed by atoms with Crippen LogP contribution in [0.1, 0.15) is 30.4 Å². The van der Waals surface area contributed by atoms with Crippen molar-refractivity contribution in [3.63, 3.8) is 0 Å². The summed E-state index contributed by atoms with van der Waals surface area (Å²) in [5, 5.41) is 3.70. The van der Waals surface area contributed by atoms with Crippen molar-refractivity contribution >= 4 is 5.69 Å². The van der Waals surface area contributed by atoms with Gasteiger partial charge in [-0.1, -0.05) is 6.07 Å². The SMILES string of the molecule is N[C@@H]1CCc2cc(N3CC4CCC(C3)N4)ccc2C1. The predicted molar refractivity (Wildman–Crippen MR) is 78.6 cm³/mol. The van der Waals surface area contributed by atoms with Crippen LogP contribution in [0.3, 0.4) is 0 Å². The molecule has 4 rings (SSSR count). The third-order valence-corrected chi connectivity index (χ3v) is 5.04. The first-order valence-corrected chi connectivity index (χ1v) is 7.66. The van der Waals surface area contributed by atoms with Crippen LogP contribution in [0.25, 0.3) is 0 Å². The molecule has 0 radical (unpaired) electrons. The molecule has 3 nitrogen and oxygen atoms in total. The van der Waals surface area contributed by atoms with Crippen LogP contribution in [0.4, 0.5) is 5.69 Å². The molecule has 1 aromatic carbocycles. The van der Waals surface area contributed by atoms with E-state index in [1.54, 1.807) is 0 Å². The van der Waals surface area contributed by atoms with Gasteiger partial charge in [-0.05, 0) is 55.4 Å². The molecule has 1 aliphatic carbocycles. The highest BCUT2D eigenvalue weighted by Gasteiger charge is 2.32. The van der Waals surface area contributed by atoms with Gasteiger partial charge in [0.05, 0.1) is 0 Å². The molecule has 3 aliphatic rings. The van der Waals surface area contributed by atoms with Gasteiger partial charge in [-0.2, -0.15) is 0 Å². The van der Waals surface area contributed by atoms with Crippen molar-refractivity contribution in [2.24, 2.45) is 5.73 Å². The smallest absolute Gasteiger partial charge is 0.0370 e. The maximum absolute atomic E-state index is 6.06. The molecule has 1 aromatic rings. The van der Waals surface area contributed by atoms with Crippen LogP contribution in [0, 0.1) is 0 Å². The molecule has 3 atom stereocenters. The van der Waals surface area contributed by atoms with E-state index in [9.17, 15) is 0 Å². The summed E-state index contributed by atoms with van der Waals surface area (Å²) in [6.07, 6.45) is 6.05. The molecule has 102 valence electrons. The summed E-state index contributed by atoms with van der Waals surface area (Å²) >= 11 is 0. The Hall–Kier alpha value is -1.06. The maximum Gasteiger partial charge on any atom is 0.0370 e. The van der Waals surface area contributed by atoms with Crippen molar-refractivity contribution in [3.8, 4) is 0 Å². The minimum Gasteiger partial charge on any atom is -0.368 e. The van der Waals surface area contributed by atoms with Crippen LogP contribution in [-0.4, -0.2) is 31.2 Å². The van der Waals surface area contributed by atoms with E-state index in [2.05, 4.69) is 28.4 Å². The van der Waals surface area contributed by atoms with Crippen molar-refractivity contribution in [2.45, 2.75) is 50.2 Å². The molecule has 2 fully saturated rings. The molecule has 3 N–H and O–H groups in total. The number of benzene rings is 1. The van der Waals surface area contributed by atoms with Gasteiger partial charge in [0, 0.05) is 36.9 Å². The molecule has 2 aliphatic heterocycles. The summed E-state index contributed by atoms with van der Waals surface area (Å²) < 4.78 is 0. The third kappa shape index (κ3) is 2.15. The summed E-state index contributed by atoms with van der Waals surface area (Å²) in [4.78, 5) is 2.58. The molecule has 2 heterocycles. The Bertz CT molecular complexity index is 473. The van der Waals surface area contributed by atoms with E-state index < -0.39 is 0 Å². The van der Waals surface area contributed by atoms with Gasteiger partial charge in [0.1, 0.15) is 0 Å². The lowest BCUT2D eigenvalue weighted by atomic mass is 9.88. The van der Waals surface area contributed by atoms with Crippen molar-refractivity contribution in [2.75, 3.05) is 18.0 Å². The zero-order valence-electron chi connectivity index (χ0n) is 11.4. The predicted octanol–water partition coefficient (Wildman–Crippen LogP) is 1.44. The number of nitrogens with zero attached hydrogens (tertiary/aromatic N) is 1. The van der Waals surface area contributed by atoms with Crippen LogP contribution in [0.2, 0.25) is 0 Å². The second-order valence-electron chi connectivity index (χ2n) is 6.50. The summed E-state index contributed by atoms with van der Waals surface area (Å²) in [7, 11) is 0. The van der Waals surface area contributed by atoms with Crippen molar-refractivity contribution in [1.82, 2.24) is 5.32 Å². The number of hydrogen-bond donors (Lipinski definition) is 2. The fourth-order valence-electron chi connectivity index (χ4n) is 3.97. The summed E-state index contributed by atoms with van der Waals surface area (Å²) in [6.45, 7) is 2.35. The van der Waals surface area contributed by atoms with Gasteiger partial charge in [-0.25, -0.2) is 0 Å². The molecule has 19 heavy (non-hydrogen) atoms. The first-order chi connectivity index (χ1) is 9.28. The number of nitrogens with two attached hydrogens (primary N) is 1. The Morgan fingerprint density at radius 2 is 1.84 bits per heavy atom. The van der Waals surface area contributed by atoms with E-state index in [1.807, 2.05) is 0 Å². The number of piperazine rings is 1. The van der Waals surface area contributed by atoms with Crippen LogP contribution in [0.5, 0.6) is 0 Å². The minimum atomic E-state index is 0.369. The molecule has 2 unspecified atom stereocenters. The first-order valence-electron chi connectivity index (χ1n) is 7.66. The van der Waals surface area contributed by atoms with Crippen LogP contribution in [0.15, 0.2) is 18.2 Å². The number of aryl methyl sites for hydroxylation is 1. The monoisotopic (exact) mass is 257 g/mol. The van der Waals surface area contributed by atoms with Gasteiger partial charge in [-0.15, -0.1) is 0 Å². The number of hydrogen-bond acceptors (Lipinski definition) is 3. The number of nitrogens with one attached hydrogen (secondary N) is 1. The Morgan fingerprint density at radius 3 is 2.63 bits per heavy atom. The molecule has 0 spiro atoms. The van der Waals surface area contributed by atoms with Gasteiger partial charge in [0.2, 0.25) is 0 Å². The van der Waals surface area contributed by atoms with Crippen molar-refractivity contribution in [3.05, 3.63) is 29.3 Å². The van der Waals surface area contributed by atoms with Crippen LogP contribution >= 0.6 is 0 Å². The molecule has 0 saturated carbocycles. The van der Waals surface area contributed by atoms with E-state index in [-0.39, 0.29) is 0 Å². The lowest BCUT2D eigenvalue weighted by molar-refractivity contribution is 0.465. The van der Waals surface area contributed by atoms with Crippen LogP contribution < -0.4 is 16.0 Å². The minimum absolute atomic E-state index is 0.369. The van der Waals surface area contributed by atoms with E-state index in [4.69, 9.17) is 5.73 Å². The highest BCUT2D eigenvalue weighted by molar-refractivity contribution is 5.53. The average molecular weight is 257 g/mol. The van der Waals surface area contributed by atoms with Gasteiger partial charge >= 0.3 is 0 Å². The normalized spacial score (nSPS) is 33.3. The molecule has 0 amide bonds. The second kappa shape index (κ2) is 4.50. The van der Waals surface area contributed by atoms with Crippen LogP contribution in [-0.2, 0) is 12.8 Å². The second-order valence-corrected chi connectivity index (χ2v) is 6.50. The zero-order valence-corrected chi connectivity index (χ0v) is 11.4. The molecule has 3 heteroatoms. The average Bonchev–Trinajstić information content (AvgIpc) is 2.77. The fourth-order valence-corrected chi connectivity index (χ4v) is 3.97. The molecular formula is C16H23N3. The Morgan fingerprint density at radius 1 is 1.05 bits per heavy atom. The van der Waals surface area contributed by atoms with E-state index in [0.29, 0.717) is 18.1 Å². The fraction of sp³-hybridized carbons (Fsp3) is 0.625. The highest BCUT2D eigenvalue weighted by atomic mass is 15.2. The topological polar surface area (TPSA) is 41.3 Å². The maximum atomic E-state index is 6.06. The summed E-state index contributed by atoms with van der Waals surface area (Å²) in [5.41, 5.74) is 10.5. The van der Waals surface area contributed by atoms with E-state index >= 15 is 0 Å². The molecular weight excluding hydrogens is 234 g/mol. The summed E-state index contributed by atoms with van der Waals surface area (Å²) in [5.74, 6) is 0. The standard InChI is InChI=1S/C16H23N3/c17-13-3-1-12-8-16(6-2-11(12)7-13)19-9-14-4-5-15(10-19)18-14/h2,6,8,13-15,18H,1,3-5,7,9-10,17H2/t13-,14?,15?/m1/s1. The quantitative estimate of drug-likeness (QED) is 0.800. The Kier molecular flexibility index (Phi) is 2.78. The lowest BCUT2D eigenvalue weighted by Crippen LogP contribution is -2.51. The van der Waals surface area contributed by atoms with Gasteiger partial charge in [0.15, 0.2) is 0 Å². The van der Waals surface area contributed by atoms with Gasteiger partial charge in [-0.3, -0.25) is 0 Å². The Labute approximate surface area is 115 Å². The number of fused-ring (bicyclic) bond motifs is 3. The summed E-state index contributed by atoms with van der Waals surface area (Å²) in [6, 6.07) is 8.83. The largest absolute Gasteiger partial charge is 0.368 e.